The van der Waals surface area contributed by atoms with E-state index in [2.05, 4.69) is 11.4 Å². The highest BCUT2D eigenvalue weighted by atomic mass is 19.1. The molecule has 3 aliphatic rings. The number of fused-ring (bicyclic) bond motifs is 2. The fraction of sp³-hybridized carbons (Fsp3) is 0.440. The van der Waals surface area contributed by atoms with Crippen LogP contribution in [0.2, 0.25) is 0 Å². The molecule has 4 atom stereocenters. The van der Waals surface area contributed by atoms with E-state index in [1.165, 1.54) is 17.7 Å². The van der Waals surface area contributed by atoms with Gasteiger partial charge in [-0.1, -0.05) is 36.4 Å². The molecule has 168 valence electrons. The number of piperazine rings is 1. The molecule has 2 aromatic carbocycles. The highest BCUT2D eigenvalue weighted by molar-refractivity contribution is 5.82. The van der Waals surface area contributed by atoms with E-state index >= 15 is 0 Å². The molecule has 0 spiro atoms. The SMILES string of the molecule is CC(=O)N1CCN[C@H]2C[C@H](C(=O)N3CCc4ccccc4[C@@H]3c3ccc(F)cc3)OC[C@@H]21. The molecule has 2 amide bonds. The standard InChI is InChI=1S/C25H28FN3O3/c1-16(30)28-13-11-27-21-14-23(32-15-22(21)28)25(31)29-12-10-17-4-2-3-5-20(17)24(29)18-6-8-19(26)9-7-18/h2-9,21-24,27H,10-15H2,1H3/t21-,22-,23+,24-/m0/s1. The van der Waals surface area contributed by atoms with E-state index in [1.54, 1.807) is 19.1 Å². The van der Waals surface area contributed by atoms with Gasteiger partial charge in [-0.2, -0.15) is 0 Å². The number of carbonyl (C=O) groups excluding carboxylic acids is 2. The predicted molar refractivity (Wildman–Crippen MR) is 117 cm³/mol. The summed E-state index contributed by atoms with van der Waals surface area (Å²) in [6, 6.07) is 14.3. The summed E-state index contributed by atoms with van der Waals surface area (Å²) in [6.45, 7) is 3.89. The van der Waals surface area contributed by atoms with Gasteiger partial charge in [0.1, 0.15) is 11.9 Å². The lowest BCUT2D eigenvalue weighted by Crippen LogP contribution is -2.65. The molecule has 32 heavy (non-hydrogen) atoms. The van der Waals surface area contributed by atoms with Crippen LogP contribution in [0.5, 0.6) is 0 Å². The summed E-state index contributed by atoms with van der Waals surface area (Å²) in [6.07, 6.45) is 0.736. The van der Waals surface area contributed by atoms with Gasteiger partial charge in [-0.15, -0.1) is 0 Å². The van der Waals surface area contributed by atoms with Gasteiger partial charge in [0.2, 0.25) is 5.91 Å². The van der Waals surface area contributed by atoms with Crippen molar-refractivity contribution in [2.45, 2.75) is 44.0 Å². The summed E-state index contributed by atoms with van der Waals surface area (Å²) in [7, 11) is 0. The Hall–Kier alpha value is -2.77. The first kappa shape index (κ1) is 21.1. The Morgan fingerprint density at radius 2 is 1.84 bits per heavy atom. The average molecular weight is 438 g/mol. The minimum absolute atomic E-state index is 0.0386. The van der Waals surface area contributed by atoms with Gasteiger partial charge >= 0.3 is 0 Å². The summed E-state index contributed by atoms with van der Waals surface area (Å²) in [5.41, 5.74) is 3.17. The molecule has 0 bridgehead atoms. The molecule has 0 radical (unpaired) electrons. The molecule has 3 aliphatic heterocycles. The van der Waals surface area contributed by atoms with Gasteiger partial charge in [0.05, 0.1) is 18.7 Å². The Morgan fingerprint density at radius 1 is 1.06 bits per heavy atom. The Bertz CT molecular complexity index is 1010. The molecule has 5 rings (SSSR count). The number of hydrogen-bond acceptors (Lipinski definition) is 4. The van der Waals surface area contributed by atoms with E-state index in [1.807, 2.05) is 28.0 Å². The topological polar surface area (TPSA) is 61.9 Å². The average Bonchev–Trinajstić information content (AvgIpc) is 2.82. The number of amides is 2. The maximum Gasteiger partial charge on any atom is 0.252 e. The predicted octanol–water partition coefficient (Wildman–Crippen LogP) is 2.28. The molecule has 6 nitrogen and oxygen atoms in total. The molecule has 7 heteroatoms. The minimum atomic E-state index is -0.566. The third-order valence-corrected chi connectivity index (χ3v) is 6.99. The number of nitrogens with one attached hydrogen (secondary N) is 1. The molecule has 3 heterocycles. The summed E-state index contributed by atoms with van der Waals surface area (Å²) >= 11 is 0. The molecule has 0 aromatic heterocycles. The highest BCUT2D eigenvalue weighted by Gasteiger charge is 2.43. The molecule has 1 N–H and O–H groups in total. The minimum Gasteiger partial charge on any atom is -0.366 e. The number of benzene rings is 2. The third-order valence-electron chi connectivity index (χ3n) is 6.99. The van der Waals surface area contributed by atoms with Crippen LogP contribution in [0.3, 0.4) is 0 Å². The van der Waals surface area contributed by atoms with E-state index in [9.17, 15) is 14.0 Å². The monoisotopic (exact) mass is 437 g/mol. The Kier molecular flexibility index (Phi) is 5.69. The normalized spacial score (nSPS) is 27.4. The Labute approximate surface area is 187 Å². The van der Waals surface area contributed by atoms with Crippen LogP contribution in [0.4, 0.5) is 4.39 Å². The van der Waals surface area contributed by atoms with Gasteiger partial charge in [0.25, 0.3) is 5.91 Å². The first-order valence-corrected chi connectivity index (χ1v) is 11.3. The summed E-state index contributed by atoms with van der Waals surface area (Å²) in [5.74, 6) is -0.302. The third kappa shape index (κ3) is 3.80. The molecular weight excluding hydrogens is 409 g/mol. The largest absolute Gasteiger partial charge is 0.366 e. The van der Waals surface area contributed by atoms with Crippen molar-refractivity contribution >= 4 is 11.8 Å². The fourth-order valence-corrected chi connectivity index (χ4v) is 5.41. The van der Waals surface area contributed by atoms with Crippen LogP contribution >= 0.6 is 0 Å². The zero-order valence-electron chi connectivity index (χ0n) is 18.2. The molecular formula is C25H28FN3O3. The summed E-state index contributed by atoms with van der Waals surface area (Å²) in [4.78, 5) is 29.4. The second-order valence-electron chi connectivity index (χ2n) is 8.83. The van der Waals surface area contributed by atoms with E-state index in [4.69, 9.17) is 4.74 Å². The zero-order valence-corrected chi connectivity index (χ0v) is 18.2. The van der Waals surface area contributed by atoms with Crippen molar-refractivity contribution in [2.75, 3.05) is 26.2 Å². The van der Waals surface area contributed by atoms with Crippen molar-refractivity contribution in [1.29, 1.82) is 0 Å². The first-order chi connectivity index (χ1) is 15.5. The van der Waals surface area contributed by atoms with Crippen LogP contribution in [-0.4, -0.2) is 66.0 Å². The van der Waals surface area contributed by atoms with Gasteiger partial charge in [0.15, 0.2) is 0 Å². The molecule has 0 aliphatic carbocycles. The van der Waals surface area contributed by atoms with Gasteiger partial charge in [-0.3, -0.25) is 9.59 Å². The molecule has 2 aromatic rings. The maximum atomic E-state index is 13.7. The van der Waals surface area contributed by atoms with Crippen molar-refractivity contribution < 1.29 is 18.7 Å². The lowest BCUT2D eigenvalue weighted by molar-refractivity contribution is -0.157. The molecule has 2 saturated heterocycles. The fourth-order valence-electron chi connectivity index (χ4n) is 5.41. The lowest BCUT2D eigenvalue weighted by atomic mass is 9.87. The van der Waals surface area contributed by atoms with Gasteiger partial charge in [-0.05, 0) is 41.7 Å². The first-order valence-electron chi connectivity index (χ1n) is 11.3. The maximum absolute atomic E-state index is 13.7. The van der Waals surface area contributed by atoms with Crippen LogP contribution in [-0.2, 0) is 20.7 Å². The van der Waals surface area contributed by atoms with Crippen molar-refractivity contribution in [3.63, 3.8) is 0 Å². The van der Waals surface area contributed by atoms with Crippen molar-refractivity contribution in [2.24, 2.45) is 0 Å². The van der Waals surface area contributed by atoms with E-state index < -0.39 is 6.10 Å². The van der Waals surface area contributed by atoms with Crippen molar-refractivity contribution in [3.05, 3.63) is 71.0 Å². The number of nitrogens with zero attached hydrogens (tertiary/aromatic N) is 2. The number of rotatable bonds is 2. The zero-order chi connectivity index (χ0) is 22.2. The smallest absolute Gasteiger partial charge is 0.252 e. The number of carbonyl (C=O) groups is 2. The van der Waals surface area contributed by atoms with E-state index in [0.717, 1.165) is 24.1 Å². The quantitative estimate of drug-likeness (QED) is 0.783. The van der Waals surface area contributed by atoms with Crippen LogP contribution in [0.25, 0.3) is 0 Å². The van der Waals surface area contributed by atoms with Crippen LogP contribution in [0.15, 0.2) is 48.5 Å². The lowest BCUT2D eigenvalue weighted by Gasteiger charge is -2.47. The summed E-state index contributed by atoms with van der Waals surface area (Å²) in [5, 5.41) is 3.47. The van der Waals surface area contributed by atoms with Crippen LogP contribution < -0.4 is 5.32 Å². The van der Waals surface area contributed by atoms with Crippen LogP contribution in [0, 0.1) is 5.82 Å². The van der Waals surface area contributed by atoms with Gasteiger partial charge in [-0.25, -0.2) is 4.39 Å². The highest BCUT2D eigenvalue weighted by Crippen LogP contribution is 2.36. The number of ether oxygens (including phenoxy) is 1. The van der Waals surface area contributed by atoms with E-state index in [-0.39, 0.29) is 35.8 Å². The molecule has 2 fully saturated rings. The second-order valence-corrected chi connectivity index (χ2v) is 8.83. The molecule has 0 unspecified atom stereocenters. The van der Waals surface area contributed by atoms with Crippen LogP contribution in [0.1, 0.15) is 36.1 Å². The molecule has 0 saturated carbocycles. The number of hydrogen-bond donors (Lipinski definition) is 1. The van der Waals surface area contributed by atoms with E-state index in [0.29, 0.717) is 26.1 Å². The Morgan fingerprint density at radius 3 is 2.62 bits per heavy atom. The summed E-state index contributed by atoms with van der Waals surface area (Å²) < 4.78 is 19.7. The van der Waals surface area contributed by atoms with Gasteiger partial charge < -0.3 is 19.9 Å². The van der Waals surface area contributed by atoms with Gasteiger partial charge in [0, 0.05) is 32.6 Å². The van der Waals surface area contributed by atoms with Crippen molar-refractivity contribution in [3.8, 4) is 0 Å². The second kappa shape index (κ2) is 8.64. The Balaban J connectivity index is 1.41. The van der Waals surface area contributed by atoms with Crippen molar-refractivity contribution in [1.82, 2.24) is 15.1 Å². The number of halogens is 1.